The van der Waals surface area contributed by atoms with Gasteiger partial charge in [-0.1, -0.05) is 37.6 Å². The van der Waals surface area contributed by atoms with Crippen LogP contribution in [-0.2, 0) is 10.0 Å². The van der Waals surface area contributed by atoms with Crippen LogP contribution in [0.3, 0.4) is 0 Å². The lowest BCUT2D eigenvalue weighted by molar-refractivity contribution is 0.0950. The summed E-state index contributed by atoms with van der Waals surface area (Å²) in [5.74, 6) is 0.228. The predicted octanol–water partition coefficient (Wildman–Crippen LogP) is 4.20. The number of carbonyl (C=O) groups is 1. The van der Waals surface area contributed by atoms with Gasteiger partial charge in [0.25, 0.3) is 15.9 Å². The minimum atomic E-state index is -3.72. The Kier molecular flexibility index (Phi) is 7.03. The van der Waals surface area contributed by atoms with Crippen molar-refractivity contribution in [1.82, 2.24) is 10.3 Å². The average molecular weight is 426 g/mol. The molecule has 0 fully saturated rings. The van der Waals surface area contributed by atoms with Gasteiger partial charge in [-0.2, -0.15) is 0 Å². The molecule has 8 heteroatoms. The number of aromatic nitrogens is 1. The highest BCUT2D eigenvalue weighted by molar-refractivity contribution is 7.92. The van der Waals surface area contributed by atoms with E-state index < -0.39 is 10.0 Å². The van der Waals surface area contributed by atoms with Crippen molar-refractivity contribution in [3.8, 4) is 11.6 Å². The quantitative estimate of drug-likeness (QED) is 0.501. The van der Waals surface area contributed by atoms with Crippen molar-refractivity contribution in [2.45, 2.75) is 24.7 Å². The van der Waals surface area contributed by atoms with E-state index in [1.165, 1.54) is 24.4 Å². The first-order chi connectivity index (χ1) is 14.5. The lowest BCUT2D eigenvalue weighted by Gasteiger charge is -2.12. The molecule has 0 unspecified atom stereocenters. The Labute approximate surface area is 176 Å². The molecule has 156 valence electrons. The van der Waals surface area contributed by atoms with Gasteiger partial charge in [-0.05, 0) is 42.8 Å². The minimum absolute atomic E-state index is 0.148. The number of anilines is 1. The molecule has 0 radical (unpaired) electrons. The van der Waals surface area contributed by atoms with Crippen molar-refractivity contribution in [3.63, 3.8) is 0 Å². The summed E-state index contributed by atoms with van der Waals surface area (Å²) < 4.78 is 33.4. The summed E-state index contributed by atoms with van der Waals surface area (Å²) in [5, 5.41) is 2.84. The van der Waals surface area contributed by atoms with E-state index >= 15 is 0 Å². The number of pyridine rings is 1. The summed E-state index contributed by atoms with van der Waals surface area (Å²) in [6, 6.07) is 17.8. The first-order valence-electron chi connectivity index (χ1n) is 9.58. The Morgan fingerprint density at radius 2 is 1.83 bits per heavy atom. The summed E-state index contributed by atoms with van der Waals surface area (Å²) in [6.45, 7) is 2.62. The summed E-state index contributed by atoms with van der Waals surface area (Å²) in [7, 11) is -3.72. The van der Waals surface area contributed by atoms with Crippen LogP contribution in [0.4, 0.5) is 5.69 Å². The van der Waals surface area contributed by atoms with E-state index in [1.54, 1.807) is 48.5 Å². The van der Waals surface area contributed by atoms with Crippen molar-refractivity contribution in [1.29, 1.82) is 0 Å². The number of hydrogen-bond donors (Lipinski definition) is 2. The molecule has 0 saturated carbocycles. The molecule has 3 aromatic rings. The van der Waals surface area contributed by atoms with Crippen LogP contribution in [-0.4, -0.2) is 25.9 Å². The van der Waals surface area contributed by atoms with E-state index in [-0.39, 0.29) is 16.7 Å². The SMILES string of the molecule is CCCCNC(=O)c1cccnc1Oc1cccc(NS(=O)(=O)c2ccccc2)c1. The number of rotatable bonds is 9. The fraction of sp³-hybridized carbons (Fsp3) is 0.182. The van der Waals surface area contributed by atoms with Crippen LogP contribution in [0.2, 0.25) is 0 Å². The number of hydrogen-bond acceptors (Lipinski definition) is 5. The fourth-order valence-electron chi connectivity index (χ4n) is 2.67. The number of nitrogens with one attached hydrogen (secondary N) is 2. The van der Waals surface area contributed by atoms with Crippen molar-refractivity contribution in [2.75, 3.05) is 11.3 Å². The van der Waals surface area contributed by atoms with Gasteiger partial charge in [-0.15, -0.1) is 0 Å². The number of carbonyl (C=O) groups excluding carboxylic acids is 1. The number of ether oxygens (including phenoxy) is 1. The molecule has 0 aliphatic heterocycles. The number of sulfonamides is 1. The molecule has 0 spiro atoms. The second-order valence-electron chi connectivity index (χ2n) is 6.51. The molecule has 1 amide bonds. The van der Waals surface area contributed by atoms with Crippen LogP contribution in [0.15, 0.2) is 77.8 Å². The number of unbranched alkanes of at least 4 members (excludes halogenated alkanes) is 1. The second kappa shape index (κ2) is 9.89. The molecular formula is C22H23N3O4S. The van der Waals surface area contributed by atoms with Crippen LogP contribution < -0.4 is 14.8 Å². The summed E-state index contributed by atoms with van der Waals surface area (Å²) in [5.41, 5.74) is 0.644. The highest BCUT2D eigenvalue weighted by Crippen LogP contribution is 2.26. The Morgan fingerprint density at radius 1 is 1.03 bits per heavy atom. The Morgan fingerprint density at radius 3 is 2.60 bits per heavy atom. The average Bonchev–Trinajstić information content (AvgIpc) is 2.75. The zero-order chi connectivity index (χ0) is 21.4. The van der Waals surface area contributed by atoms with Gasteiger partial charge in [0.15, 0.2) is 0 Å². The van der Waals surface area contributed by atoms with E-state index in [9.17, 15) is 13.2 Å². The molecule has 1 aromatic heterocycles. The van der Waals surface area contributed by atoms with Crippen LogP contribution in [0.1, 0.15) is 30.1 Å². The van der Waals surface area contributed by atoms with Crippen LogP contribution in [0.5, 0.6) is 11.6 Å². The van der Waals surface area contributed by atoms with Crippen molar-refractivity contribution < 1.29 is 17.9 Å². The monoisotopic (exact) mass is 425 g/mol. The third-order valence-electron chi connectivity index (χ3n) is 4.19. The molecule has 0 aliphatic carbocycles. The third-order valence-corrected chi connectivity index (χ3v) is 5.58. The number of amides is 1. The van der Waals surface area contributed by atoms with Gasteiger partial charge >= 0.3 is 0 Å². The molecule has 2 N–H and O–H groups in total. The van der Waals surface area contributed by atoms with E-state index in [4.69, 9.17) is 4.74 Å². The molecule has 3 rings (SSSR count). The molecule has 30 heavy (non-hydrogen) atoms. The molecule has 0 saturated heterocycles. The topological polar surface area (TPSA) is 97.4 Å². The van der Waals surface area contributed by atoms with Gasteiger partial charge in [0.2, 0.25) is 5.88 Å². The lowest BCUT2D eigenvalue weighted by atomic mass is 10.2. The molecule has 1 heterocycles. The van der Waals surface area contributed by atoms with Gasteiger partial charge in [-0.3, -0.25) is 9.52 Å². The molecule has 2 aromatic carbocycles. The van der Waals surface area contributed by atoms with E-state index in [2.05, 4.69) is 15.0 Å². The second-order valence-corrected chi connectivity index (χ2v) is 8.20. The standard InChI is InChI=1S/C22H23N3O4S/c1-2-3-14-23-21(26)20-13-8-15-24-22(20)29-18-10-7-9-17(16-18)25-30(27,28)19-11-5-4-6-12-19/h4-13,15-16,25H,2-3,14H2,1H3,(H,23,26). The normalized spacial score (nSPS) is 11.0. The smallest absolute Gasteiger partial charge is 0.261 e. The van der Waals surface area contributed by atoms with Gasteiger partial charge in [0.1, 0.15) is 11.3 Å². The Hall–Kier alpha value is -3.39. The maximum atomic E-state index is 12.5. The highest BCUT2D eigenvalue weighted by atomic mass is 32.2. The van der Waals surface area contributed by atoms with E-state index in [0.29, 0.717) is 23.5 Å². The van der Waals surface area contributed by atoms with Crippen LogP contribution in [0, 0.1) is 0 Å². The summed E-state index contributed by atoms with van der Waals surface area (Å²) in [4.78, 5) is 16.7. The van der Waals surface area contributed by atoms with Crippen LogP contribution >= 0.6 is 0 Å². The van der Waals surface area contributed by atoms with Gasteiger partial charge in [0, 0.05) is 18.8 Å². The van der Waals surface area contributed by atoms with Crippen molar-refractivity contribution >= 4 is 21.6 Å². The molecular weight excluding hydrogens is 402 g/mol. The van der Waals surface area contributed by atoms with Gasteiger partial charge in [0.05, 0.1) is 10.6 Å². The maximum absolute atomic E-state index is 12.5. The van der Waals surface area contributed by atoms with Gasteiger partial charge < -0.3 is 10.1 Å². The summed E-state index contributed by atoms with van der Waals surface area (Å²) >= 11 is 0. The number of benzene rings is 2. The summed E-state index contributed by atoms with van der Waals surface area (Å²) in [6.07, 6.45) is 3.38. The minimum Gasteiger partial charge on any atom is -0.438 e. The van der Waals surface area contributed by atoms with Crippen molar-refractivity contribution in [3.05, 3.63) is 78.5 Å². The van der Waals surface area contributed by atoms with E-state index in [1.807, 2.05) is 6.92 Å². The molecule has 7 nitrogen and oxygen atoms in total. The van der Waals surface area contributed by atoms with Crippen molar-refractivity contribution in [2.24, 2.45) is 0 Å². The van der Waals surface area contributed by atoms with Crippen LogP contribution in [0.25, 0.3) is 0 Å². The highest BCUT2D eigenvalue weighted by Gasteiger charge is 2.16. The number of nitrogens with zero attached hydrogens (tertiary/aromatic N) is 1. The lowest BCUT2D eigenvalue weighted by Crippen LogP contribution is -2.24. The van der Waals surface area contributed by atoms with Gasteiger partial charge in [-0.25, -0.2) is 13.4 Å². The molecule has 0 atom stereocenters. The molecule has 0 aliphatic rings. The maximum Gasteiger partial charge on any atom is 0.261 e. The first kappa shape index (κ1) is 21.3. The fourth-order valence-corrected chi connectivity index (χ4v) is 3.74. The Balaban J connectivity index is 1.77. The van der Waals surface area contributed by atoms with E-state index in [0.717, 1.165) is 12.8 Å². The zero-order valence-corrected chi connectivity index (χ0v) is 17.4. The Bertz CT molecular complexity index is 1100. The largest absolute Gasteiger partial charge is 0.438 e. The third kappa shape index (κ3) is 5.57. The first-order valence-corrected chi connectivity index (χ1v) is 11.1. The molecule has 0 bridgehead atoms. The predicted molar refractivity (Wildman–Crippen MR) is 115 cm³/mol. The zero-order valence-electron chi connectivity index (χ0n) is 16.5.